The van der Waals surface area contributed by atoms with Crippen molar-refractivity contribution in [1.82, 2.24) is 5.32 Å². The Morgan fingerprint density at radius 2 is 1.83 bits per heavy atom. The summed E-state index contributed by atoms with van der Waals surface area (Å²) in [5.74, 6) is -2.11. The number of carboxylic acid groups (broad SMARTS) is 1. The quantitative estimate of drug-likeness (QED) is 0.452. The van der Waals surface area contributed by atoms with Crippen LogP contribution in [0.5, 0.6) is 0 Å². The lowest BCUT2D eigenvalue weighted by Crippen LogP contribution is -2.49. The first-order chi connectivity index (χ1) is 8.23. The van der Waals surface area contributed by atoms with Crippen LogP contribution in [0.25, 0.3) is 0 Å². The summed E-state index contributed by atoms with van der Waals surface area (Å²) < 4.78 is 0. The van der Waals surface area contributed by atoms with Gasteiger partial charge in [-0.1, -0.05) is 13.8 Å². The normalized spacial score (nSPS) is 14.0. The number of nitrogens with two attached hydrogens (primary N) is 2. The molecule has 0 spiro atoms. The van der Waals surface area contributed by atoms with Gasteiger partial charge in [0.25, 0.3) is 0 Å². The Morgan fingerprint density at radius 1 is 1.28 bits per heavy atom. The van der Waals surface area contributed by atoms with Crippen molar-refractivity contribution in [2.24, 2.45) is 17.4 Å². The SMILES string of the molecule is CC(C)CC(N)C(=O)NC(CCC(N)=O)C(=O)O. The van der Waals surface area contributed by atoms with Crippen LogP contribution in [0.2, 0.25) is 0 Å². The first-order valence-corrected chi connectivity index (χ1v) is 5.81. The Hall–Kier alpha value is -1.63. The molecule has 104 valence electrons. The fourth-order valence-electron chi connectivity index (χ4n) is 1.44. The van der Waals surface area contributed by atoms with Crippen molar-refractivity contribution in [3.8, 4) is 0 Å². The smallest absolute Gasteiger partial charge is 0.326 e. The van der Waals surface area contributed by atoms with E-state index in [0.29, 0.717) is 6.42 Å². The largest absolute Gasteiger partial charge is 0.480 e. The van der Waals surface area contributed by atoms with Gasteiger partial charge in [-0.2, -0.15) is 0 Å². The molecule has 18 heavy (non-hydrogen) atoms. The molecule has 0 saturated carbocycles. The fraction of sp³-hybridized carbons (Fsp3) is 0.727. The maximum Gasteiger partial charge on any atom is 0.326 e. The van der Waals surface area contributed by atoms with Gasteiger partial charge in [0.1, 0.15) is 6.04 Å². The Bertz CT molecular complexity index is 317. The zero-order valence-electron chi connectivity index (χ0n) is 10.7. The zero-order chi connectivity index (χ0) is 14.3. The minimum absolute atomic E-state index is 0.0369. The highest BCUT2D eigenvalue weighted by molar-refractivity contribution is 5.87. The molecule has 2 atom stereocenters. The number of nitrogens with one attached hydrogen (secondary N) is 1. The minimum Gasteiger partial charge on any atom is -0.480 e. The van der Waals surface area contributed by atoms with Crippen LogP contribution in [0, 0.1) is 5.92 Å². The third kappa shape index (κ3) is 6.85. The summed E-state index contributed by atoms with van der Waals surface area (Å²) >= 11 is 0. The predicted molar refractivity (Wildman–Crippen MR) is 65.4 cm³/mol. The zero-order valence-corrected chi connectivity index (χ0v) is 10.7. The Labute approximate surface area is 106 Å². The number of carboxylic acids is 1. The molecular formula is C11H21N3O4. The second-order valence-corrected chi connectivity index (χ2v) is 4.64. The number of rotatable bonds is 8. The number of primary amides is 1. The predicted octanol–water partition coefficient (Wildman–Crippen LogP) is -0.805. The van der Waals surface area contributed by atoms with Crippen LogP contribution >= 0.6 is 0 Å². The fourth-order valence-corrected chi connectivity index (χ4v) is 1.44. The van der Waals surface area contributed by atoms with Crippen molar-refractivity contribution in [2.45, 2.75) is 45.2 Å². The average molecular weight is 259 g/mol. The molecule has 0 aromatic heterocycles. The van der Waals surface area contributed by atoms with Crippen LogP contribution < -0.4 is 16.8 Å². The Morgan fingerprint density at radius 3 is 2.22 bits per heavy atom. The van der Waals surface area contributed by atoms with Gasteiger partial charge in [0, 0.05) is 6.42 Å². The summed E-state index contributed by atoms with van der Waals surface area (Å²) in [4.78, 5) is 33.1. The van der Waals surface area contributed by atoms with E-state index >= 15 is 0 Å². The molecule has 0 aliphatic heterocycles. The summed E-state index contributed by atoms with van der Waals surface area (Å²) in [5.41, 5.74) is 10.6. The van der Waals surface area contributed by atoms with Crippen LogP contribution in [-0.2, 0) is 14.4 Å². The van der Waals surface area contributed by atoms with Gasteiger partial charge in [0.2, 0.25) is 11.8 Å². The summed E-state index contributed by atoms with van der Waals surface area (Å²) in [5, 5.41) is 11.2. The first kappa shape index (κ1) is 16.4. The van der Waals surface area contributed by atoms with Crippen LogP contribution in [0.4, 0.5) is 0 Å². The number of hydrogen-bond acceptors (Lipinski definition) is 4. The topological polar surface area (TPSA) is 136 Å². The number of carbonyl (C=O) groups excluding carboxylic acids is 2. The second kappa shape index (κ2) is 7.65. The van der Waals surface area contributed by atoms with E-state index in [-0.39, 0.29) is 18.8 Å². The number of amides is 2. The lowest BCUT2D eigenvalue weighted by molar-refractivity contribution is -0.142. The van der Waals surface area contributed by atoms with Gasteiger partial charge in [0.05, 0.1) is 6.04 Å². The molecule has 0 aromatic rings. The minimum atomic E-state index is -1.21. The van der Waals surface area contributed by atoms with Crippen molar-refractivity contribution in [1.29, 1.82) is 0 Å². The van der Waals surface area contributed by atoms with E-state index in [1.165, 1.54) is 0 Å². The Balaban J connectivity index is 4.35. The highest BCUT2D eigenvalue weighted by Gasteiger charge is 2.23. The van der Waals surface area contributed by atoms with E-state index in [1.54, 1.807) is 0 Å². The van der Waals surface area contributed by atoms with Crippen molar-refractivity contribution in [3.05, 3.63) is 0 Å². The van der Waals surface area contributed by atoms with Gasteiger partial charge in [-0.15, -0.1) is 0 Å². The molecule has 7 nitrogen and oxygen atoms in total. The monoisotopic (exact) mass is 259 g/mol. The van der Waals surface area contributed by atoms with Gasteiger partial charge in [-0.25, -0.2) is 4.79 Å². The molecule has 0 radical (unpaired) electrons. The van der Waals surface area contributed by atoms with Crippen molar-refractivity contribution < 1.29 is 19.5 Å². The molecule has 0 bridgehead atoms. The number of hydrogen-bond donors (Lipinski definition) is 4. The molecule has 0 aliphatic rings. The van der Waals surface area contributed by atoms with Crippen LogP contribution in [-0.4, -0.2) is 35.0 Å². The molecule has 0 saturated heterocycles. The van der Waals surface area contributed by atoms with Crippen LogP contribution in [0.1, 0.15) is 33.1 Å². The van der Waals surface area contributed by atoms with Gasteiger partial charge in [-0.3, -0.25) is 9.59 Å². The van der Waals surface area contributed by atoms with E-state index in [2.05, 4.69) is 5.32 Å². The molecular weight excluding hydrogens is 238 g/mol. The third-order valence-electron chi connectivity index (χ3n) is 2.36. The summed E-state index contributed by atoms with van der Waals surface area (Å²) in [6, 6.07) is -1.89. The van der Waals surface area contributed by atoms with E-state index in [9.17, 15) is 14.4 Å². The number of aliphatic carboxylic acids is 1. The highest BCUT2D eigenvalue weighted by atomic mass is 16.4. The van der Waals surface area contributed by atoms with E-state index < -0.39 is 29.9 Å². The van der Waals surface area contributed by atoms with Gasteiger partial charge < -0.3 is 21.9 Å². The first-order valence-electron chi connectivity index (χ1n) is 5.81. The lowest BCUT2D eigenvalue weighted by Gasteiger charge is -2.18. The highest BCUT2D eigenvalue weighted by Crippen LogP contribution is 2.04. The molecule has 0 rings (SSSR count). The van der Waals surface area contributed by atoms with E-state index in [1.807, 2.05) is 13.8 Å². The standard InChI is InChI=1S/C11H21N3O4/c1-6(2)5-7(12)10(16)14-8(11(17)18)3-4-9(13)15/h6-8H,3-5,12H2,1-2H3,(H2,13,15)(H,14,16)(H,17,18). The van der Waals surface area contributed by atoms with Crippen LogP contribution in [0.3, 0.4) is 0 Å². The van der Waals surface area contributed by atoms with E-state index in [4.69, 9.17) is 16.6 Å². The summed E-state index contributed by atoms with van der Waals surface area (Å²) in [6.07, 6.45) is 0.329. The van der Waals surface area contributed by atoms with Gasteiger partial charge >= 0.3 is 5.97 Å². The van der Waals surface area contributed by atoms with E-state index in [0.717, 1.165) is 0 Å². The molecule has 0 fully saturated rings. The molecule has 7 heteroatoms. The third-order valence-corrected chi connectivity index (χ3v) is 2.36. The van der Waals surface area contributed by atoms with Crippen molar-refractivity contribution in [3.63, 3.8) is 0 Å². The summed E-state index contributed by atoms with van der Waals surface area (Å²) in [6.45, 7) is 3.82. The Kier molecular flexibility index (Phi) is 6.96. The van der Waals surface area contributed by atoms with Crippen molar-refractivity contribution >= 4 is 17.8 Å². The average Bonchev–Trinajstić information content (AvgIpc) is 2.21. The van der Waals surface area contributed by atoms with Gasteiger partial charge in [0.15, 0.2) is 0 Å². The van der Waals surface area contributed by atoms with Crippen molar-refractivity contribution in [2.75, 3.05) is 0 Å². The summed E-state index contributed by atoms with van der Waals surface area (Å²) in [7, 11) is 0. The maximum atomic E-state index is 11.6. The van der Waals surface area contributed by atoms with Gasteiger partial charge in [-0.05, 0) is 18.8 Å². The van der Waals surface area contributed by atoms with Crippen LogP contribution in [0.15, 0.2) is 0 Å². The molecule has 2 amide bonds. The number of carbonyl (C=O) groups is 3. The molecule has 0 aliphatic carbocycles. The molecule has 2 unspecified atom stereocenters. The second-order valence-electron chi connectivity index (χ2n) is 4.64. The lowest BCUT2D eigenvalue weighted by atomic mass is 10.0. The maximum absolute atomic E-state index is 11.6. The molecule has 6 N–H and O–H groups in total. The molecule has 0 aromatic carbocycles. The molecule has 0 heterocycles.